The molecule has 1 saturated heterocycles. The number of anilines is 2. The number of pyridine rings is 1. The van der Waals surface area contributed by atoms with Gasteiger partial charge in [-0.25, -0.2) is 4.98 Å². The van der Waals surface area contributed by atoms with Crippen LogP contribution in [0.1, 0.15) is 29.7 Å². The fraction of sp³-hybridized carbons (Fsp3) is 0.226. The van der Waals surface area contributed by atoms with Gasteiger partial charge in [0.2, 0.25) is 17.7 Å². The van der Waals surface area contributed by atoms with Gasteiger partial charge in [0.1, 0.15) is 11.2 Å². The van der Waals surface area contributed by atoms with Crippen LogP contribution in [-0.4, -0.2) is 47.2 Å². The average Bonchev–Trinajstić information content (AvgIpc) is 3.56. The number of imidazole rings is 1. The van der Waals surface area contributed by atoms with Crippen LogP contribution in [0.2, 0.25) is 10.0 Å². The maximum atomic E-state index is 12.9. The van der Waals surface area contributed by atoms with Crippen molar-refractivity contribution < 1.29 is 19.1 Å². The molecule has 4 aromatic rings. The summed E-state index contributed by atoms with van der Waals surface area (Å²) in [6.07, 6.45) is 6.30. The van der Waals surface area contributed by atoms with Gasteiger partial charge in [-0.1, -0.05) is 35.3 Å². The van der Waals surface area contributed by atoms with Gasteiger partial charge >= 0.3 is 0 Å². The van der Waals surface area contributed by atoms with Gasteiger partial charge in [0, 0.05) is 48.6 Å². The van der Waals surface area contributed by atoms with E-state index in [1.54, 1.807) is 36.2 Å². The van der Waals surface area contributed by atoms with Crippen molar-refractivity contribution >= 4 is 92.4 Å². The quantitative estimate of drug-likeness (QED) is 0.196. The van der Waals surface area contributed by atoms with Crippen LogP contribution in [0.3, 0.4) is 0 Å². The second-order valence-corrected chi connectivity index (χ2v) is 11.5. The van der Waals surface area contributed by atoms with Gasteiger partial charge in [0.25, 0.3) is 0 Å². The first-order chi connectivity index (χ1) is 20.6. The molecule has 0 unspecified atom stereocenters. The van der Waals surface area contributed by atoms with E-state index < -0.39 is 5.91 Å². The van der Waals surface area contributed by atoms with E-state index in [0.717, 1.165) is 34.5 Å². The average molecular weight is 722 g/mol. The first-order valence-electron chi connectivity index (χ1n) is 13.5. The van der Waals surface area contributed by atoms with Crippen molar-refractivity contribution in [3.63, 3.8) is 0 Å². The maximum absolute atomic E-state index is 12.9. The third-order valence-corrected chi connectivity index (χ3v) is 8.84. The third-order valence-electron chi connectivity index (χ3n) is 7.11. The smallest absolute Gasteiger partial charge is 0.246 e. The second kappa shape index (κ2) is 14.5. The Bertz CT molecular complexity index is 1740. The molecule has 3 heterocycles. The lowest BCUT2D eigenvalue weighted by Crippen LogP contribution is -2.37. The van der Waals surface area contributed by atoms with E-state index in [-0.39, 0.29) is 42.4 Å². The number of carbonyl (C=O) groups is 3. The van der Waals surface area contributed by atoms with Gasteiger partial charge < -0.3 is 19.9 Å². The number of nitrogens with one attached hydrogen (secondary N) is 1. The summed E-state index contributed by atoms with van der Waals surface area (Å²) < 4.78 is 8.75. The normalized spacial score (nSPS) is 12.9. The Balaban J connectivity index is 0.00000442. The number of carbonyl (C=O) groups excluding carboxylic acids is 3. The molecule has 0 radical (unpaired) electrons. The van der Waals surface area contributed by atoms with Crippen LogP contribution < -0.4 is 19.9 Å². The molecule has 1 N–H and O–H groups in total. The number of hydrogen-bond acceptors (Lipinski definition) is 5. The standard InChI is InChI=1S/C31H28BrCl2N5O4.ClH/c1-19-30(32)39-16-3-5-25(31(39)36-19)43-18-22-23(33)12-13-24(29(22)34)37(2)28(42)17-35-26(40)14-9-20-7-10-21(11-8-20)38-15-4-6-27(38)41;/h3,5,7-14,16H,4,6,15,17-18H2,1-2H3,(H,35,40);1H. The molecule has 5 rings (SSSR count). The highest BCUT2D eigenvalue weighted by atomic mass is 79.9. The molecule has 0 spiro atoms. The number of aromatic nitrogens is 2. The minimum Gasteiger partial charge on any atom is -0.485 e. The van der Waals surface area contributed by atoms with Crippen molar-refractivity contribution in [2.75, 3.05) is 29.9 Å². The lowest BCUT2D eigenvalue weighted by Gasteiger charge is -2.21. The Morgan fingerprint density at radius 3 is 2.61 bits per heavy atom. The summed E-state index contributed by atoms with van der Waals surface area (Å²) in [5.74, 6) is -0.132. The number of amides is 3. The predicted molar refractivity (Wildman–Crippen MR) is 179 cm³/mol. The molecule has 2 aromatic carbocycles. The van der Waals surface area contributed by atoms with Crippen LogP contribution >= 0.6 is 51.5 Å². The molecule has 13 heteroatoms. The molecule has 3 amide bonds. The number of ether oxygens (including phenoxy) is 1. The van der Waals surface area contributed by atoms with Gasteiger partial charge in [-0.15, -0.1) is 12.4 Å². The van der Waals surface area contributed by atoms with Gasteiger partial charge in [0.05, 0.1) is 22.9 Å². The molecule has 230 valence electrons. The number of aryl methyl sites for hydroxylation is 1. The summed E-state index contributed by atoms with van der Waals surface area (Å²) in [7, 11) is 1.57. The maximum Gasteiger partial charge on any atom is 0.246 e. The van der Waals surface area contributed by atoms with E-state index in [0.29, 0.717) is 34.1 Å². The summed E-state index contributed by atoms with van der Waals surface area (Å²) in [5.41, 5.74) is 4.03. The monoisotopic (exact) mass is 719 g/mol. The molecule has 1 aliphatic rings. The molecule has 44 heavy (non-hydrogen) atoms. The summed E-state index contributed by atoms with van der Waals surface area (Å²) in [6, 6.07) is 14.3. The largest absolute Gasteiger partial charge is 0.485 e. The van der Waals surface area contributed by atoms with E-state index in [1.807, 2.05) is 47.9 Å². The van der Waals surface area contributed by atoms with Crippen LogP contribution in [0.25, 0.3) is 11.7 Å². The Labute approximate surface area is 279 Å². The fourth-order valence-electron chi connectivity index (χ4n) is 4.70. The van der Waals surface area contributed by atoms with Crippen LogP contribution in [0, 0.1) is 6.92 Å². The zero-order valence-electron chi connectivity index (χ0n) is 23.9. The summed E-state index contributed by atoms with van der Waals surface area (Å²) in [4.78, 5) is 44.9. The molecule has 0 saturated carbocycles. The molecule has 0 aliphatic carbocycles. The molecule has 9 nitrogen and oxygen atoms in total. The van der Waals surface area contributed by atoms with Gasteiger partial charge in [0.15, 0.2) is 11.4 Å². The van der Waals surface area contributed by atoms with E-state index in [2.05, 4.69) is 26.2 Å². The molecule has 1 fully saturated rings. The number of benzene rings is 2. The van der Waals surface area contributed by atoms with Crippen LogP contribution in [0.4, 0.5) is 11.4 Å². The van der Waals surface area contributed by atoms with Crippen molar-refractivity contribution in [3.05, 3.63) is 92.3 Å². The first kappa shape index (κ1) is 33.3. The Morgan fingerprint density at radius 2 is 1.91 bits per heavy atom. The summed E-state index contributed by atoms with van der Waals surface area (Å²) in [5, 5.41) is 3.26. The SMILES string of the molecule is Cc1nc2c(OCc3c(Cl)ccc(N(C)C(=O)CNC(=O)C=Cc4ccc(N5CCCC5=O)cc4)c3Cl)cccn2c1Br.Cl. The zero-order chi connectivity index (χ0) is 30.7. The zero-order valence-corrected chi connectivity index (χ0v) is 27.8. The van der Waals surface area contributed by atoms with E-state index in [4.69, 9.17) is 27.9 Å². The highest BCUT2D eigenvalue weighted by Crippen LogP contribution is 2.35. The fourth-order valence-corrected chi connectivity index (χ4v) is 5.68. The van der Waals surface area contributed by atoms with Crippen LogP contribution in [0.5, 0.6) is 5.75 Å². The number of likely N-dealkylation sites (N-methyl/N-ethyl adjacent to an activating group) is 1. The second-order valence-electron chi connectivity index (χ2n) is 9.95. The predicted octanol–water partition coefficient (Wildman–Crippen LogP) is 6.63. The van der Waals surface area contributed by atoms with Crippen molar-refractivity contribution in [1.82, 2.24) is 14.7 Å². The minimum atomic E-state index is -0.424. The van der Waals surface area contributed by atoms with Crippen molar-refractivity contribution in [2.45, 2.75) is 26.4 Å². The number of fused-ring (bicyclic) bond motifs is 1. The number of nitrogens with zero attached hydrogens (tertiary/aromatic N) is 4. The molecule has 0 bridgehead atoms. The molecular weight excluding hydrogens is 693 g/mol. The Kier molecular flexibility index (Phi) is 11.0. The van der Waals surface area contributed by atoms with Gasteiger partial charge in [-0.05, 0) is 77.3 Å². The topological polar surface area (TPSA) is 96.2 Å². The van der Waals surface area contributed by atoms with Crippen molar-refractivity contribution in [3.8, 4) is 5.75 Å². The number of rotatable bonds is 9. The summed E-state index contributed by atoms with van der Waals surface area (Å²) >= 11 is 16.7. The lowest BCUT2D eigenvalue weighted by molar-refractivity contribution is -0.122. The van der Waals surface area contributed by atoms with Gasteiger partial charge in [-0.2, -0.15) is 0 Å². The molecule has 1 aliphatic heterocycles. The third kappa shape index (κ3) is 7.21. The van der Waals surface area contributed by atoms with E-state index in [1.165, 1.54) is 11.0 Å². The van der Waals surface area contributed by atoms with Crippen LogP contribution in [-0.2, 0) is 21.0 Å². The van der Waals surface area contributed by atoms with Gasteiger partial charge in [-0.3, -0.25) is 18.8 Å². The molecule has 0 atom stereocenters. The Hall–Kier alpha value is -3.57. The van der Waals surface area contributed by atoms with E-state index in [9.17, 15) is 14.4 Å². The summed E-state index contributed by atoms with van der Waals surface area (Å²) in [6.45, 7) is 2.42. The van der Waals surface area contributed by atoms with Crippen molar-refractivity contribution in [1.29, 1.82) is 0 Å². The highest BCUT2D eigenvalue weighted by molar-refractivity contribution is 9.10. The first-order valence-corrected chi connectivity index (χ1v) is 15.0. The number of halogens is 4. The van der Waals surface area contributed by atoms with E-state index >= 15 is 0 Å². The van der Waals surface area contributed by atoms with Crippen molar-refractivity contribution in [2.24, 2.45) is 0 Å². The Morgan fingerprint density at radius 1 is 1.16 bits per heavy atom. The highest BCUT2D eigenvalue weighted by Gasteiger charge is 2.22. The minimum absolute atomic E-state index is 0. The molecular formula is C31H29BrCl3N5O4. The van der Waals surface area contributed by atoms with Crippen LogP contribution in [0.15, 0.2) is 65.4 Å². The molecule has 2 aromatic heterocycles. The number of hydrogen-bond donors (Lipinski definition) is 1. The lowest BCUT2D eigenvalue weighted by atomic mass is 10.2.